The Morgan fingerprint density at radius 2 is 2.14 bits per heavy atom. The Morgan fingerprint density at radius 3 is 2.71 bits per heavy atom. The van der Waals surface area contributed by atoms with Crippen LogP contribution in [0.5, 0.6) is 0 Å². The van der Waals surface area contributed by atoms with Crippen molar-refractivity contribution in [2.24, 2.45) is 5.92 Å². The SMILES string of the molecule is CC1CCC(NS(=O)(=O)c2cc(CNC(C)C)sc2Br)C1. The van der Waals surface area contributed by atoms with Gasteiger partial charge in [0, 0.05) is 23.5 Å². The van der Waals surface area contributed by atoms with Crippen LogP contribution >= 0.6 is 27.3 Å². The van der Waals surface area contributed by atoms with Crippen LogP contribution in [0.2, 0.25) is 0 Å². The van der Waals surface area contributed by atoms with Crippen LogP contribution in [0.4, 0.5) is 0 Å². The van der Waals surface area contributed by atoms with Gasteiger partial charge in [0.2, 0.25) is 10.0 Å². The van der Waals surface area contributed by atoms with Crippen LogP contribution in [0, 0.1) is 5.92 Å². The minimum absolute atomic E-state index is 0.0778. The average molecular weight is 395 g/mol. The Kier molecular flexibility index (Phi) is 5.87. The second-order valence-corrected chi connectivity index (χ2v) is 10.3. The monoisotopic (exact) mass is 394 g/mol. The second-order valence-electron chi connectivity index (χ2n) is 6.12. The number of thiophene rings is 1. The highest BCUT2D eigenvalue weighted by Crippen LogP contribution is 2.33. The molecule has 2 rings (SSSR count). The summed E-state index contributed by atoms with van der Waals surface area (Å²) in [6.07, 6.45) is 2.97. The zero-order chi connectivity index (χ0) is 15.6. The molecule has 7 heteroatoms. The molecule has 2 atom stereocenters. The van der Waals surface area contributed by atoms with Crippen molar-refractivity contribution in [1.82, 2.24) is 10.0 Å². The molecule has 2 unspecified atom stereocenters. The van der Waals surface area contributed by atoms with E-state index in [0.717, 1.165) is 24.1 Å². The summed E-state index contributed by atoms with van der Waals surface area (Å²) in [5.74, 6) is 0.606. The van der Waals surface area contributed by atoms with Crippen molar-refractivity contribution in [2.45, 2.75) is 63.6 Å². The van der Waals surface area contributed by atoms with Crippen LogP contribution in [0.3, 0.4) is 0 Å². The highest BCUT2D eigenvalue weighted by atomic mass is 79.9. The first-order valence-corrected chi connectivity index (χ1v) is 10.4. The van der Waals surface area contributed by atoms with Crippen LogP contribution in [0.15, 0.2) is 14.7 Å². The van der Waals surface area contributed by atoms with Gasteiger partial charge in [0.15, 0.2) is 0 Å². The van der Waals surface area contributed by atoms with Gasteiger partial charge in [-0.3, -0.25) is 0 Å². The fourth-order valence-electron chi connectivity index (χ4n) is 2.57. The van der Waals surface area contributed by atoms with Gasteiger partial charge in [-0.25, -0.2) is 13.1 Å². The summed E-state index contributed by atoms with van der Waals surface area (Å²) in [4.78, 5) is 1.39. The van der Waals surface area contributed by atoms with E-state index in [1.165, 1.54) is 11.3 Å². The summed E-state index contributed by atoms with van der Waals surface area (Å²) in [5, 5.41) is 3.31. The number of sulfonamides is 1. The first-order valence-electron chi connectivity index (χ1n) is 7.32. The quantitative estimate of drug-likeness (QED) is 0.776. The van der Waals surface area contributed by atoms with Gasteiger partial charge in [-0.15, -0.1) is 11.3 Å². The number of rotatable bonds is 6. The Hall–Kier alpha value is 0.0500. The molecule has 0 aliphatic heterocycles. The Labute approximate surface area is 139 Å². The molecule has 0 amide bonds. The molecule has 1 saturated carbocycles. The van der Waals surface area contributed by atoms with Crippen LogP contribution in [-0.2, 0) is 16.6 Å². The molecule has 21 heavy (non-hydrogen) atoms. The van der Waals surface area contributed by atoms with Crippen molar-refractivity contribution in [2.75, 3.05) is 0 Å². The van der Waals surface area contributed by atoms with Crippen LogP contribution in [0.1, 0.15) is 44.9 Å². The van der Waals surface area contributed by atoms with E-state index in [4.69, 9.17) is 0 Å². The largest absolute Gasteiger partial charge is 0.310 e. The Morgan fingerprint density at radius 1 is 1.43 bits per heavy atom. The second kappa shape index (κ2) is 7.08. The van der Waals surface area contributed by atoms with E-state index in [9.17, 15) is 8.42 Å². The van der Waals surface area contributed by atoms with E-state index < -0.39 is 10.0 Å². The third-order valence-corrected chi connectivity index (χ3v) is 7.47. The first kappa shape index (κ1) is 17.4. The van der Waals surface area contributed by atoms with Gasteiger partial charge in [-0.2, -0.15) is 0 Å². The normalized spacial score (nSPS) is 23.1. The van der Waals surface area contributed by atoms with Gasteiger partial charge in [0.05, 0.1) is 3.79 Å². The molecule has 1 aliphatic carbocycles. The van der Waals surface area contributed by atoms with Crippen molar-refractivity contribution in [3.63, 3.8) is 0 Å². The first-order chi connectivity index (χ1) is 9.78. The van der Waals surface area contributed by atoms with E-state index >= 15 is 0 Å². The molecule has 120 valence electrons. The van der Waals surface area contributed by atoms with Gasteiger partial charge in [0.1, 0.15) is 4.90 Å². The predicted molar refractivity (Wildman–Crippen MR) is 91.1 cm³/mol. The zero-order valence-electron chi connectivity index (χ0n) is 12.6. The van der Waals surface area contributed by atoms with Gasteiger partial charge >= 0.3 is 0 Å². The number of hydrogen-bond donors (Lipinski definition) is 2. The van der Waals surface area contributed by atoms with E-state index in [1.54, 1.807) is 6.07 Å². The number of hydrogen-bond acceptors (Lipinski definition) is 4. The molecule has 1 heterocycles. The lowest BCUT2D eigenvalue weighted by Crippen LogP contribution is -2.32. The van der Waals surface area contributed by atoms with E-state index in [0.29, 0.717) is 27.2 Å². The lowest BCUT2D eigenvalue weighted by atomic mass is 10.1. The average Bonchev–Trinajstić information content (AvgIpc) is 2.93. The van der Waals surface area contributed by atoms with E-state index in [1.807, 2.05) is 0 Å². The summed E-state index contributed by atoms with van der Waals surface area (Å²) < 4.78 is 28.6. The minimum atomic E-state index is -3.43. The topological polar surface area (TPSA) is 58.2 Å². The van der Waals surface area contributed by atoms with Crippen molar-refractivity contribution in [3.8, 4) is 0 Å². The summed E-state index contributed by atoms with van der Waals surface area (Å²) in [6.45, 7) is 7.01. The van der Waals surface area contributed by atoms with Crippen molar-refractivity contribution in [1.29, 1.82) is 0 Å². The van der Waals surface area contributed by atoms with Gasteiger partial charge < -0.3 is 5.32 Å². The van der Waals surface area contributed by atoms with Gasteiger partial charge in [-0.05, 0) is 47.2 Å². The standard InChI is InChI=1S/C14H23BrN2O2S2/c1-9(2)16-8-12-7-13(14(15)20-12)21(18,19)17-11-5-4-10(3)6-11/h7,9-11,16-17H,4-6,8H2,1-3H3. The predicted octanol–water partition coefficient (Wildman–Crippen LogP) is 3.48. The van der Waals surface area contributed by atoms with Crippen LogP contribution in [0.25, 0.3) is 0 Å². The molecule has 0 saturated heterocycles. The third-order valence-electron chi connectivity index (χ3n) is 3.70. The van der Waals surface area contributed by atoms with Gasteiger partial charge in [-0.1, -0.05) is 20.8 Å². The lowest BCUT2D eigenvalue weighted by Gasteiger charge is -2.12. The molecule has 0 radical (unpaired) electrons. The summed E-state index contributed by atoms with van der Waals surface area (Å²) in [5.41, 5.74) is 0. The minimum Gasteiger partial charge on any atom is -0.310 e. The molecule has 0 bridgehead atoms. The fraction of sp³-hybridized carbons (Fsp3) is 0.714. The molecule has 1 aromatic rings. The summed E-state index contributed by atoms with van der Waals surface area (Å²) in [6, 6.07) is 2.23. The molecule has 1 aromatic heterocycles. The summed E-state index contributed by atoms with van der Waals surface area (Å²) in [7, 11) is -3.43. The number of halogens is 1. The maximum Gasteiger partial charge on any atom is 0.242 e. The molecule has 1 aliphatic rings. The molecular formula is C14H23BrN2O2S2. The highest BCUT2D eigenvalue weighted by molar-refractivity contribution is 9.11. The van der Waals surface area contributed by atoms with E-state index in [2.05, 4.69) is 46.7 Å². The molecule has 4 nitrogen and oxygen atoms in total. The van der Waals surface area contributed by atoms with E-state index in [-0.39, 0.29) is 6.04 Å². The zero-order valence-corrected chi connectivity index (χ0v) is 15.9. The fourth-order valence-corrected chi connectivity index (χ4v) is 6.49. The van der Waals surface area contributed by atoms with Gasteiger partial charge in [0.25, 0.3) is 0 Å². The van der Waals surface area contributed by atoms with Crippen molar-refractivity contribution >= 4 is 37.3 Å². The highest BCUT2D eigenvalue weighted by Gasteiger charge is 2.28. The van der Waals surface area contributed by atoms with Crippen LogP contribution < -0.4 is 10.0 Å². The maximum absolute atomic E-state index is 12.5. The Bertz CT molecular complexity index is 584. The van der Waals surface area contributed by atoms with Crippen molar-refractivity contribution in [3.05, 3.63) is 14.7 Å². The molecule has 1 fully saturated rings. The maximum atomic E-state index is 12.5. The lowest BCUT2D eigenvalue weighted by molar-refractivity contribution is 0.538. The smallest absolute Gasteiger partial charge is 0.242 e. The molecule has 0 aromatic carbocycles. The Balaban J connectivity index is 2.08. The molecular weight excluding hydrogens is 372 g/mol. The molecule has 2 N–H and O–H groups in total. The van der Waals surface area contributed by atoms with Crippen LogP contribution in [-0.4, -0.2) is 20.5 Å². The number of nitrogens with one attached hydrogen (secondary N) is 2. The summed E-state index contributed by atoms with van der Waals surface area (Å²) >= 11 is 4.87. The third kappa shape index (κ3) is 4.76. The van der Waals surface area contributed by atoms with Crippen molar-refractivity contribution < 1.29 is 8.42 Å². The molecule has 0 spiro atoms.